The fraction of sp³-hybridized carbons (Fsp3) is 0.381. The first-order valence-corrected chi connectivity index (χ1v) is 10.6. The SMILES string of the molecule is COc1cc(CNC(=O)c2csc(-c3cnn(C)c3)n2)ccc1OC[C@@H]1CCCO1. The zero-order valence-corrected chi connectivity index (χ0v) is 17.8. The van der Waals surface area contributed by atoms with Gasteiger partial charge in [-0.1, -0.05) is 6.07 Å². The van der Waals surface area contributed by atoms with Gasteiger partial charge in [-0.3, -0.25) is 9.48 Å². The molecule has 1 amide bonds. The summed E-state index contributed by atoms with van der Waals surface area (Å²) in [6.07, 6.45) is 5.84. The van der Waals surface area contributed by atoms with E-state index in [9.17, 15) is 4.79 Å². The Morgan fingerprint density at radius 2 is 2.30 bits per heavy atom. The Labute approximate surface area is 178 Å². The van der Waals surface area contributed by atoms with Crippen molar-refractivity contribution in [2.45, 2.75) is 25.5 Å². The van der Waals surface area contributed by atoms with Crippen LogP contribution in [0, 0.1) is 0 Å². The summed E-state index contributed by atoms with van der Waals surface area (Å²) in [5, 5.41) is 9.55. The lowest BCUT2D eigenvalue weighted by atomic mass is 10.2. The summed E-state index contributed by atoms with van der Waals surface area (Å²) in [5.74, 6) is 1.08. The van der Waals surface area contributed by atoms with Gasteiger partial charge in [0.25, 0.3) is 5.91 Å². The number of carbonyl (C=O) groups is 1. The predicted molar refractivity (Wildman–Crippen MR) is 113 cm³/mol. The number of aryl methyl sites for hydroxylation is 1. The first-order valence-electron chi connectivity index (χ1n) is 9.76. The molecule has 0 bridgehead atoms. The summed E-state index contributed by atoms with van der Waals surface area (Å²) in [6, 6.07) is 5.64. The molecule has 1 aliphatic heterocycles. The van der Waals surface area contributed by atoms with E-state index in [1.807, 2.05) is 31.4 Å². The molecule has 158 valence electrons. The van der Waals surface area contributed by atoms with Crippen LogP contribution in [0.15, 0.2) is 36.0 Å². The van der Waals surface area contributed by atoms with Gasteiger partial charge in [-0.25, -0.2) is 4.98 Å². The molecule has 3 heterocycles. The summed E-state index contributed by atoms with van der Waals surface area (Å²) in [6.45, 7) is 1.67. The summed E-state index contributed by atoms with van der Waals surface area (Å²) in [4.78, 5) is 16.9. The van der Waals surface area contributed by atoms with Crippen molar-refractivity contribution in [1.29, 1.82) is 0 Å². The summed E-state index contributed by atoms with van der Waals surface area (Å²) in [5.41, 5.74) is 2.19. The van der Waals surface area contributed by atoms with Gasteiger partial charge in [0.1, 0.15) is 17.3 Å². The molecule has 3 aromatic rings. The Balaban J connectivity index is 1.34. The molecular formula is C21H24N4O4S. The minimum atomic E-state index is -0.223. The van der Waals surface area contributed by atoms with Crippen LogP contribution in [0.5, 0.6) is 11.5 Å². The number of hydrogen-bond acceptors (Lipinski definition) is 7. The van der Waals surface area contributed by atoms with E-state index in [-0.39, 0.29) is 12.0 Å². The second kappa shape index (κ2) is 9.27. The Morgan fingerprint density at radius 1 is 1.40 bits per heavy atom. The molecule has 0 spiro atoms. The second-order valence-corrected chi connectivity index (χ2v) is 7.91. The lowest BCUT2D eigenvalue weighted by Crippen LogP contribution is -2.23. The highest BCUT2D eigenvalue weighted by molar-refractivity contribution is 7.13. The van der Waals surface area contributed by atoms with Gasteiger partial charge in [0, 0.05) is 37.3 Å². The first-order chi connectivity index (χ1) is 14.6. The maximum absolute atomic E-state index is 12.5. The lowest BCUT2D eigenvalue weighted by molar-refractivity contribution is 0.0669. The maximum atomic E-state index is 12.5. The van der Waals surface area contributed by atoms with Crippen molar-refractivity contribution in [3.63, 3.8) is 0 Å². The highest BCUT2D eigenvalue weighted by atomic mass is 32.1. The molecule has 1 saturated heterocycles. The average molecular weight is 429 g/mol. The van der Waals surface area contributed by atoms with E-state index in [4.69, 9.17) is 14.2 Å². The Morgan fingerprint density at radius 3 is 3.03 bits per heavy atom. The third-order valence-corrected chi connectivity index (χ3v) is 5.71. The highest BCUT2D eigenvalue weighted by Crippen LogP contribution is 2.29. The molecular weight excluding hydrogens is 404 g/mol. The molecule has 1 aliphatic rings. The van der Waals surface area contributed by atoms with E-state index in [0.717, 1.165) is 35.6 Å². The quantitative estimate of drug-likeness (QED) is 0.593. The zero-order chi connectivity index (χ0) is 20.9. The predicted octanol–water partition coefficient (Wildman–Crippen LogP) is 3.04. The largest absolute Gasteiger partial charge is 0.493 e. The summed E-state index contributed by atoms with van der Waals surface area (Å²) in [7, 11) is 3.45. The van der Waals surface area contributed by atoms with Gasteiger partial charge in [0.05, 0.1) is 19.4 Å². The number of rotatable bonds is 8. The number of ether oxygens (including phenoxy) is 3. The molecule has 30 heavy (non-hydrogen) atoms. The number of benzene rings is 1. The van der Waals surface area contributed by atoms with Crippen molar-refractivity contribution in [1.82, 2.24) is 20.1 Å². The van der Waals surface area contributed by atoms with E-state index < -0.39 is 0 Å². The second-order valence-electron chi connectivity index (χ2n) is 7.05. The summed E-state index contributed by atoms with van der Waals surface area (Å²) >= 11 is 1.42. The van der Waals surface area contributed by atoms with Gasteiger partial charge in [-0.05, 0) is 30.5 Å². The molecule has 0 aliphatic carbocycles. The van der Waals surface area contributed by atoms with Crippen molar-refractivity contribution < 1.29 is 19.0 Å². The van der Waals surface area contributed by atoms with Crippen LogP contribution in [0.1, 0.15) is 28.9 Å². The third kappa shape index (κ3) is 4.80. The van der Waals surface area contributed by atoms with E-state index in [0.29, 0.717) is 30.3 Å². The van der Waals surface area contributed by atoms with Crippen LogP contribution >= 0.6 is 11.3 Å². The van der Waals surface area contributed by atoms with Gasteiger partial charge in [-0.2, -0.15) is 5.10 Å². The Kier molecular flexibility index (Phi) is 6.29. The molecule has 8 nitrogen and oxygen atoms in total. The number of methoxy groups -OCH3 is 1. The molecule has 0 saturated carbocycles. The average Bonchev–Trinajstić information content (AvgIpc) is 3.52. The van der Waals surface area contributed by atoms with Crippen molar-refractivity contribution >= 4 is 17.2 Å². The number of nitrogens with one attached hydrogen (secondary N) is 1. The number of amides is 1. The molecule has 1 fully saturated rings. The first kappa shape index (κ1) is 20.4. The van der Waals surface area contributed by atoms with Crippen molar-refractivity contribution in [3.8, 4) is 22.1 Å². The van der Waals surface area contributed by atoms with Crippen molar-refractivity contribution in [3.05, 3.63) is 47.2 Å². The molecule has 1 aromatic carbocycles. The fourth-order valence-electron chi connectivity index (χ4n) is 3.21. The highest BCUT2D eigenvalue weighted by Gasteiger charge is 2.17. The van der Waals surface area contributed by atoms with Crippen molar-refractivity contribution in [2.24, 2.45) is 7.05 Å². The third-order valence-electron chi connectivity index (χ3n) is 4.82. The van der Waals surface area contributed by atoms with E-state index >= 15 is 0 Å². The van der Waals surface area contributed by atoms with Crippen LogP contribution in [-0.2, 0) is 18.3 Å². The topological polar surface area (TPSA) is 87.5 Å². The minimum Gasteiger partial charge on any atom is -0.493 e. The molecule has 9 heteroatoms. The van der Waals surface area contributed by atoms with Crippen LogP contribution in [0.3, 0.4) is 0 Å². The zero-order valence-electron chi connectivity index (χ0n) is 17.0. The number of carbonyl (C=O) groups excluding carboxylic acids is 1. The van der Waals surface area contributed by atoms with Gasteiger partial charge in [0.15, 0.2) is 11.5 Å². The van der Waals surface area contributed by atoms with E-state index in [1.165, 1.54) is 11.3 Å². The monoisotopic (exact) mass is 428 g/mol. The van der Waals surface area contributed by atoms with Crippen LogP contribution in [0.4, 0.5) is 0 Å². The molecule has 1 N–H and O–H groups in total. The minimum absolute atomic E-state index is 0.142. The molecule has 2 aromatic heterocycles. The normalized spacial score (nSPS) is 15.9. The van der Waals surface area contributed by atoms with Gasteiger partial charge < -0.3 is 19.5 Å². The maximum Gasteiger partial charge on any atom is 0.271 e. The van der Waals surface area contributed by atoms with Gasteiger partial charge >= 0.3 is 0 Å². The lowest BCUT2D eigenvalue weighted by Gasteiger charge is -2.15. The number of hydrogen-bond donors (Lipinski definition) is 1. The van der Waals surface area contributed by atoms with Crippen molar-refractivity contribution in [2.75, 3.05) is 20.3 Å². The number of aromatic nitrogens is 3. The Hall–Kier alpha value is -2.91. The Bertz CT molecular complexity index is 1010. The summed E-state index contributed by atoms with van der Waals surface area (Å²) < 4.78 is 18.6. The van der Waals surface area contributed by atoms with Crippen LogP contribution < -0.4 is 14.8 Å². The molecule has 0 unspecified atom stereocenters. The smallest absolute Gasteiger partial charge is 0.271 e. The van der Waals surface area contributed by atoms with Gasteiger partial charge in [-0.15, -0.1) is 11.3 Å². The number of nitrogens with zero attached hydrogens (tertiary/aromatic N) is 3. The molecule has 1 atom stereocenters. The molecule has 0 radical (unpaired) electrons. The standard InChI is InChI=1S/C21H24N4O4S/c1-25-11-15(10-23-25)21-24-17(13-30-21)20(26)22-9-14-5-6-18(19(8-14)27-2)29-12-16-4-3-7-28-16/h5-6,8,10-11,13,16H,3-4,7,9,12H2,1-2H3,(H,22,26)/t16-/m0/s1. The molecule has 4 rings (SSSR count). The van der Waals surface area contributed by atoms with E-state index in [1.54, 1.807) is 23.4 Å². The van der Waals surface area contributed by atoms with Crippen LogP contribution in [-0.4, -0.2) is 47.1 Å². The number of thiazole rings is 1. The van der Waals surface area contributed by atoms with Gasteiger partial charge in [0.2, 0.25) is 0 Å². The van der Waals surface area contributed by atoms with Crippen LogP contribution in [0.25, 0.3) is 10.6 Å². The van der Waals surface area contributed by atoms with Crippen LogP contribution in [0.2, 0.25) is 0 Å². The van der Waals surface area contributed by atoms with E-state index in [2.05, 4.69) is 15.4 Å². The fourth-order valence-corrected chi connectivity index (χ4v) is 3.99.